The van der Waals surface area contributed by atoms with Crippen molar-refractivity contribution in [3.05, 3.63) is 41.1 Å². The molecule has 0 atom stereocenters. The number of likely N-dealkylation sites (N-methyl/N-ethyl adjacent to an activating group) is 1. The Balaban J connectivity index is 2.16. The molecule has 0 saturated heterocycles. The molecule has 0 aliphatic rings. The molecule has 2 aromatic rings. The molecule has 0 saturated carbocycles. The summed E-state index contributed by atoms with van der Waals surface area (Å²) in [5.74, 6) is 0.506. The standard InChI is InChI=1S/C13H15ClFN3/c1-18(2)6-5-13-16-8-12(17-13)9-3-4-11(15)10(14)7-9/h3-4,7-8H,5-6H2,1-2H3,(H,16,17). The second-order valence-corrected chi connectivity index (χ2v) is 4.83. The number of nitrogens with one attached hydrogen (secondary N) is 1. The highest BCUT2D eigenvalue weighted by molar-refractivity contribution is 6.31. The van der Waals surface area contributed by atoms with Gasteiger partial charge in [0.15, 0.2) is 0 Å². The first-order chi connectivity index (χ1) is 8.56. The van der Waals surface area contributed by atoms with Gasteiger partial charge in [-0.15, -0.1) is 0 Å². The maximum Gasteiger partial charge on any atom is 0.141 e. The summed E-state index contributed by atoms with van der Waals surface area (Å²) in [6, 6.07) is 4.64. The molecule has 0 radical (unpaired) electrons. The highest BCUT2D eigenvalue weighted by atomic mass is 35.5. The molecule has 96 valence electrons. The van der Waals surface area contributed by atoms with Crippen LogP contribution in [0.25, 0.3) is 11.3 Å². The number of H-pyrrole nitrogens is 1. The normalized spacial score (nSPS) is 11.2. The Hall–Kier alpha value is -1.39. The Morgan fingerprint density at radius 1 is 1.39 bits per heavy atom. The van der Waals surface area contributed by atoms with Crippen molar-refractivity contribution in [3.8, 4) is 11.3 Å². The first kappa shape index (κ1) is 13.1. The van der Waals surface area contributed by atoms with E-state index in [1.54, 1.807) is 18.3 Å². The number of aromatic amines is 1. The van der Waals surface area contributed by atoms with E-state index >= 15 is 0 Å². The van der Waals surface area contributed by atoms with Crippen LogP contribution in [0.3, 0.4) is 0 Å². The largest absolute Gasteiger partial charge is 0.342 e. The number of hydrogen-bond donors (Lipinski definition) is 1. The van der Waals surface area contributed by atoms with Gasteiger partial charge in [-0.3, -0.25) is 0 Å². The SMILES string of the molecule is CN(C)CCc1ncc(-c2ccc(F)c(Cl)c2)[nH]1. The quantitative estimate of drug-likeness (QED) is 0.924. The van der Waals surface area contributed by atoms with E-state index in [-0.39, 0.29) is 5.02 Å². The Bertz CT molecular complexity index is 537. The number of imidazole rings is 1. The summed E-state index contributed by atoms with van der Waals surface area (Å²) in [6.45, 7) is 0.928. The molecule has 5 heteroatoms. The lowest BCUT2D eigenvalue weighted by Crippen LogP contribution is -2.15. The third-order valence-corrected chi connectivity index (χ3v) is 2.94. The number of aromatic nitrogens is 2. The summed E-state index contributed by atoms with van der Waals surface area (Å²) in [4.78, 5) is 9.60. The molecule has 1 aromatic heterocycles. The zero-order valence-corrected chi connectivity index (χ0v) is 11.1. The molecule has 0 aliphatic heterocycles. The first-order valence-electron chi connectivity index (χ1n) is 5.70. The molecule has 3 nitrogen and oxygen atoms in total. The third kappa shape index (κ3) is 3.09. The van der Waals surface area contributed by atoms with Crippen LogP contribution in [0, 0.1) is 5.82 Å². The molecule has 2 rings (SSSR count). The van der Waals surface area contributed by atoms with E-state index in [2.05, 4.69) is 14.9 Å². The fourth-order valence-corrected chi connectivity index (χ4v) is 1.81. The number of benzene rings is 1. The van der Waals surface area contributed by atoms with E-state index in [9.17, 15) is 4.39 Å². The smallest absolute Gasteiger partial charge is 0.141 e. The number of rotatable bonds is 4. The van der Waals surface area contributed by atoms with Crippen LogP contribution in [-0.2, 0) is 6.42 Å². The highest BCUT2D eigenvalue weighted by Crippen LogP contribution is 2.23. The summed E-state index contributed by atoms with van der Waals surface area (Å²) < 4.78 is 13.1. The molecule has 1 N–H and O–H groups in total. The zero-order chi connectivity index (χ0) is 13.1. The number of nitrogens with zero attached hydrogens (tertiary/aromatic N) is 2. The van der Waals surface area contributed by atoms with Crippen LogP contribution in [-0.4, -0.2) is 35.5 Å². The van der Waals surface area contributed by atoms with Crippen LogP contribution < -0.4 is 0 Å². The Morgan fingerprint density at radius 2 is 2.17 bits per heavy atom. The van der Waals surface area contributed by atoms with Gasteiger partial charge >= 0.3 is 0 Å². The Morgan fingerprint density at radius 3 is 2.83 bits per heavy atom. The van der Waals surface area contributed by atoms with Gasteiger partial charge in [-0.2, -0.15) is 0 Å². The minimum atomic E-state index is -0.409. The van der Waals surface area contributed by atoms with E-state index in [0.29, 0.717) is 0 Å². The summed E-state index contributed by atoms with van der Waals surface area (Å²) in [5, 5.41) is 0.122. The molecule has 0 aliphatic carbocycles. The summed E-state index contributed by atoms with van der Waals surface area (Å²) in [6.07, 6.45) is 2.59. The summed E-state index contributed by atoms with van der Waals surface area (Å²) >= 11 is 5.76. The van der Waals surface area contributed by atoms with Gasteiger partial charge in [0.2, 0.25) is 0 Å². The fraction of sp³-hybridized carbons (Fsp3) is 0.308. The van der Waals surface area contributed by atoms with Crippen molar-refractivity contribution in [2.45, 2.75) is 6.42 Å². The number of halogens is 2. The molecule has 18 heavy (non-hydrogen) atoms. The minimum absolute atomic E-state index is 0.122. The molecule has 0 fully saturated rings. The Labute approximate surface area is 111 Å². The Kier molecular flexibility index (Phi) is 3.99. The van der Waals surface area contributed by atoms with Crippen LogP contribution in [0.2, 0.25) is 5.02 Å². The fourth-order valence-electron chi connectivity index (χ4n) is 1.63. The average Bonchev–Trinajstić information content (AvgIpc) is 2.79. The monoisotopic (exact) mass is 267 g/mol. The zero-order valence-electron chi connectivity index (χ0n) is 10.4. The lowest BCUT2D eigenvalue weighted by atomic mass is 10.2. The minimum Gasteiger partial charge on any atom is -0.342 e. The van der Waals surface area contributed by atoms with Crippen molar-refractivity contribution in [2.75, 3.05) is 20.6 Å². The van der Waals surface area contributed by atoms with Gasteiger partial charge < -0.3 is 9.88 Å². The van der Waals surface area contributed by atoms with Crippen molar-refractivity contribution in [1.29, 1.82) is 0 Å². The van der Waals surface area contributed by atoms with E-state index in [1.165, 1.54) is 6.07 Å². The molecule has 0 amide bonds. The summed E-state index contributed by atoms with van der Waals surface area (Å²) in [5.41, 5.74) is 1.69. The van der Waals surface area contributed by atoms with Crippen LogP contribution >= 0.6 is 11.6 Å². The number of hydrogen-bond acceptors (Lipinski definition) is 2. The van der Waals surface area contributed by atoms with Crippen LogP contribution in [0.5, 0.6) is 0 Å². The van der Waals surface area contributed by atoms with Crippen LogP contribution in [0.15, 0.2) is 24.4 Å². The lowest BCUT2D eigenvalue weighted by Gasteiger charge is -2.06. The second-order valence-electron chi connectivity index (χ2n) is 4.43. The highest BCUT2D eigenvalue weighted by Gasteiger charge is 2.06. The van der Waals surface area contributed by atoms with Gasteiger partial charge in [0.05, 0.1) is 16.9 Å². The topological polar surface area (TPSA) is 31.9 Å². The van der Waals surface area contributed by atoms with Gasteiger partial charge in [-0.25, -0.2) is 9.37 Å². The molecular weight excluding hydrogens is 253 g/mol. The average molecular weight is 268 g/mol. The van der Waals surface area contributed by atoms with E-state index in [0.717, 1.165) is 30.0 Å². The predicted octanol–water partition coefficient (Wildman–Crippen LogP) is 2.97. The molecule has 0 unspecified atom stereocenters. The van der Waals surface area contributed by atoms with Crippen molar-refractivity contribution < 1.29 is 4.39 Å². The van der Waals surface area contributed by atoms with Gasteiger partial charge in [-0.05, 0) is 32.3 Å². The van der Waals surface area contributed by atoms with Crippen molar-refractivity contribution in [1.82, 2.24) is 14.9 Å². The lowest BCUT2D eigenvalue weighted by molar-refractivity contribution is 0.410. The molecule has 1 heterocycles. The predicted molar refractivity (Wildman–Crippen MR) is 71.2 cm³/mol. The molecule has 1 aromatic carbocycles. The first-order valence-corrected chi connectivity index (χ1v) is 6.08. The van der Waals surface area contributed by atoms with Crippen molar-refractivity contribution in [2.24, 2.45) is 0 Å². The van der Waals surface area contributed by atoms with Crippen LogP contribution in [0.4, 0.5) is 4.39 Å². The van der Waals surface area contributed by atoms with Gasteiger partial charge in [0.25, 0.3) is 0 Å². The third-order valence-electron chi connectivity index (χ3n) is 2.65. The second kappa shape index (κ2) is 5.50. The van der Waals surface area contributed by atoms with Gasteiger partial charge in [0, 0.05) is 18.5 Å². The van der Waals surface area contributed by atoms with Gasteiger partial charge in [-0.1, -0.05) is 11.6 Å². The molecule has 0 bridgehead atoms. The van der Waals surface area contributed by atoms with E-state index < -0.39 is 5.82 Å². The van der Waals surface area contributed by atoms with Crippen molar-refractivity contribution in [3.63, 3.8) is 0 Å². The van der Waals surface area contributed by atoms with Gasteiger partial charge in [0.1, 0.15) is 11.6 Å². The summed E-state index contributed by atoms with van der Waals surface area (Å²) in [7, 11) is 4.03. The van der Waals surface area contributed by atoms with Crippen molar-refractivity contribution >= 4 is 11.6 Å². The van der Waals surface area contributed by atoms with E-state index in [4.69, 9.17) is 11.6 Å². The molecular formula is C13H15ClFN3. The maximum atomic E-state index is 13.1. The maximum absolute atomic E-state index is 13.1. The van der Waals surface area contributed by atoms with Crippen LogP contribution in [0.1, 0.15) is 5.82 Å². The molecule has 0 spiro atoms. The van der Waals surface area contributed by atoms with E-state index in [1.807, 2.05) is 14.1 Å².